The molecule has 1 saturated heterocycles. The summed E-state index contributed by atoms with van der Waals surface area (Å²) in [6, 6.07) is 4.98. The third-order valence-electron chi connectivity index (χ3n) is 4.20. The number of aliphatic imine (C=N–C) groups is 1. The Hall–Kier alpha value is -1.49. The van der Waals surface area contributed by atoms with E-state index in [9.17, 15) is 0 Å². The van der Waals surface area contributed by atoms with Crippen LogP contribution in [0.25, 0.3) is 0 Å². The number of furan rings is 1. The fourth-order valence-electron chi connectivity index (χ4n) is 2.60. The molecule has 0 amide bonds. The summed E-state index contributed by atoms with van der Waals surface area (Å²) in [7, 11) is 0. The molecule has 2 unspecified atom stereocenters. The van der Waals surface area contributed by atoms with Gasteiger partial charge in [0.15, 0.2) is 5.96 Å². The zero-order chi connectivity index (χ0) is 14.5. The number of nitrogens with one attached hydrogen (secondary N) is 2. The molecule has 2 heterocycles. The average molecular weight is 291 g/mol. The highest BCUT2D eigenvalue weighted by Crippen LogP contribution is 2.28. The molecule has 5 nitrogen and oxygen atoms in total. The molecule has 0 radical (unpaired) electrons. The van der Waals surface area contributed by atoms with Gasteiger partial charge < -0.3 is 19.8 Å². The second-order valence-corrected chi connectivity index (χ2v) is 6.05. The maximum absolute atomic E-state index is 5.41. The van der Waals surface area contributed by atoms with Crippen molar-refractivity contribution in [1.29, 1.82) is 0 Å². The Kier molecular flexibility index (Phi) is 4.80. The van der Waals surface area contributed by atoms with Gasteiger partial charge in [-0.2, -0.15) is 0 Å². The Morgan fingerprint density at radius 2 is 2.14 bits per heavy atom. The maximum Gasteiger partial charge on any atom is 0.191 e. The maximum atomic E-state index is 5.41. The highest BCUT2D eigenvalue weighted by atomic mass is 16.5. The lowest BCUT2D eigenvalue weighted by atomic mass is 10.1. The van der Waals surface area contributed by atoms with Crippen LogP contribution in [0, 0.1) is 5.92 Å². The summed E-state index contributed by atoms with van der Waals surface area (Å²) in [5.74, 6) is 2.70. The Balaban J connectivity index is 1.52. The lowest BCUT2D eigenvalue weighted by molar-refractivity contribution is 0.0822. The Bertz CT molecular complexity index is 452. The molecule has 2 aliphatic rings. The lowest BCUT2D eigenvalue weighted by Crippen LogP contribution is -2.46. The van der Waals surface area contributed by atoms with Crippen LogP contribution in [-0.2, 0) is 11.2 Å². The van der Waals surface area contributed by atoms with Gasteiger partial charge in [-0.1, -0.05) is 6.92 Å². The fourth-order valence-corrected chi connectivity index (χ4v) is 2.60. The van der Waals surface area contributed by atoms with Crippen molar-refractivity contribution in [2.75, 3.05) is 19.8 Å². The van der Waals surface area contributed by atoms with E-state index in [0.717, 1.165) is 56.7 Å². The summed E-state index contributed by atoms with van der Waals surface area (Å²) >= 11 is 0. The molecule has 2 N–H and O–H groups in total. The quantitative estimate of drug-likeness (QED) is 0.643. The minimum absolute atomic E-state index is 0.475. The SMILES string of the molecule is CC1CC1NC(=NCCc1ccco1)NC1CCOCC1. The molecule has 2 fully saturated rings. The van der Waals surface area contributed by atoms with Crippen molar-refractivity contribution < 1.29 is 9.15 Å². The van der Waals surface area contributed by atoms with E-state index in [-0.39, 0.29) is 0 Å². The van der Waals surface area contributed by atoms with Gasteiger partial charge in [0.25, 0.3) is 0 Å². The first kappa shape index (κ1) is 14.4. The summed E-state index contributed by atoms with van der Waals surface area (Å²) in [6.07, 6.45) is 5.91. The van der Waals surface area contributed by atoms with Crippen LogP contribution in [0.5, 0.6) is 0 Å². The first-order valence-electron chi connectivity index (χ1n) is 7.99. The van der Waals surface area contributed by atoms with Crippen LogP contribution in [-0.4, -0.2) is 37.8 Å². The summed E-state index contributed by atoms with van der Waals surface area (Å²) in [4.78, 5) is 4.70. The minimum atomic E-state index is 0.475. The van der Waals surface area contributed by atoms with Crippen molar-refractivity contribution in [3.8, 4) is 0 Å². The van der Waals surface area contributed by atoms with Gasteiger partial charge in [-0.25, -0.2) is 0 Å². The molecule has 116 valence electrons. The van der Waals surface area contributed by atoms with Gasteiger partial charge in [0.05, 0.1) is 6.26 Å². The predicted octanol–water partition coefficient (Wildman–Crippen LogP) is 1.94. The van der Waals surface area contributed by atoms with E-state index in [0.29, 0.717) is 12.1 Å². The summed E-state index contributed by atoms with van der Waals surface area (Å²) in [5.41, 5.74) is 0. The molecule has 2 atom stereocenters. The Labute approximate surface area is 126 Å². The fraction of sp³-hybridized carbons (Fsp3) is 0.688. The normalized spacial score (nSPS) is 26.6. The highest BCUT2D eigenvalue weighted by molar-refractivity contribution is 5.80. The van der Waals surface area contributed by atoms with Gasteiger partial charge in [-0.05, 0) is 37.3 Å². The number of nitrogens with zero attached hydrogens (tertiary/aromatic N) is 1. The third-order valence-corrected chi connectivity index (χ3v) is 4.20. The van der Waals surface area contributed by atoms with Gasteiger partial charge in [0, 0.05) is 38.3 Å². The molecule has 1 aliphatic carbocycles. The molecule has 0 bridgehead atoms. The molecular formula is C16H25N3O2. The zero-order valence-corrected chi connectivity index (χ0v) is 12.7. The van der Waals surface area contributed by atoms with Crippen LogP contribution < -0.4 is 10.6 Å². The van der Waals surface area contributed by atoms with Gasteiger partial charge >= 0.3 is 0 Å². The predicted molar refractivity (Wildman–Crippen MR) is 82.4 cm³/mol. The van der Waals surface area contributed by atoms with Gasteiger partial charge in [0.2, 0.25) is 0 Å². The van der Waals surface area contributed by atoms with Crippen LogP contribution in [0.15, 0.2) is 27.8 Å². The van der Waals surface area contributed by atoms with E-state index in [1.807, 2.05) is 12.1 Å². The summed E-state index contributed by atoms with van der Waals surface area (Å²) < 4.78 is 10.8. The number of hydrogen-bond donors (Lipinski definition) is 2. The molecule has 1 aromatic rings. The molecule has 5 heteroatoms. The molecule has 21 heavy (non-hydrogen) atoms. The van der Waals surface area contributed by atoms with E-state index in [1.54, 1.807) is 6.26 Å². The molecular weight excluding hydrogens is 266 g/mol. The first-order chi connectivity index (χ1) is 10.3. The average Bonchev–Trinajstić information content (AvgIpc) is 2.98. The van der Waals surface area contributed by atoms with Gasteiger partial charge in [-0.15, -0.1) is 0 Å². The zero-order valence-electron chi connectivity index (χ0n) is 12.7. The first-order valence-corrected chi connectivity index (χ1v) is 7.99. The van der Waals surface area contributed by atoms with Crippen molar-refractivity contribution in [3.05, 3.63) is 24.2 Å². The number of guanidine groups is 1. The van der Waals surface area contributed by atoms with E-state index in [4.69, 9.17) is 14.1 Å². The van der Waals surface area contributed by atoms with Gasteiger partial charge in [-0.3, -0.25) is 4.99 Å². The van der Waals surface area contributed by atoms with Crippen LogP contribution in [0.3, 0.4) is 0 Å². The summed E-state index contributed by atoms with van der Waals surface area (Å²) in [6.45, 7) is 4.70. The minimum Gasteiger partial charge on any atom is -0.469 e. The van der Waals surface area contributed by atoms with Gasteiger partial charge in [0.1, 0.15) is 5.76 Å². The molecule has 1 aromatic heterocycles. The molecule has 1 saturated carbocycles. The molecule has 0 spiro atoms. The van der Waals surface area contributed by atoms with Crippen molar-refractivity contribution in [2.45, 2.75) is 44.7 Å². The van der Waals surface area contributed by atoms with Crippen molar-refractivity contribution in [2.24, 2.45) is 10.9 Å². The largest absolute Gasteiger partial charge is 0.469 e. The number of ether oxygens (including phenoxy) is 1. The van der Waals surface area contributed by atoms with Crippen LogP contribution in [0.2, 0.25) is 0 Å². The second kappa shape index (κ2) is 6.98. The Morgan fingerprint density at radius 3 is 2.81 bits per heavy atom. The van der Waals surface area contributed by atoms with Crippen molar-refractivity contribution >= 4 is 5.96 Å². The van der Waals surface area contributed by atoms with Crippen LogP contribution in [0.1, 0.15) is 31.9 Å². The van der Waals surface area contributed by atoms with E-state index in [2.05, 4.69) is 17.6 Å². The molecule has 1 aliphatic heterocycles. The standard InChI is InChI=1S/C16H25N3O2/c1-12-11-15(12)19-16(18-13-5-9-20-10-6-13)17-7-4-14-3-2-8-21-14/h2-3,8,12-13,15H,4-7,9-11H2,1H3,(H2,17,18,19). The van der Waals surface area contributed by atoms with Crippen LogP contribution in [0.4, 0.5) is 0 Å². The van der Waals surface area contributed by atoms with E-state index >= 15 is 0 Å². The van der Waals surface area contributed by atoms with E-state index < -0.39 is 0 Å². The number of rotatable bonds is 5. The lowest BCUT2D eigenvalue weighted by Gasteiger charge is -2.25. The second-order valence-electron chi connectivity index (χ2n) is 6.05. The topological polar surface area (TPSA) is 58.8 Å². The third kappa shape index (κ3) is 4.49. The Morgan fingerprint density at radius 1 is 1.33 bits per heavy atom. The van der Waals surface area contributed by atoms with Crippen LogP contribution >= 0.6 is 0 Å². The highest BCUT2D eigenvalue weighted by Gasteiger charge is 2.33. The smallest absolute Gasteiger partial charge is 0.191 e. The summed E-state index contributed by atoms with van der Waals surface area (Å²) in [5, 5.41) is 7.09. The molecule has 0 aromatic carbocycles. The van der Waals surface area contributed by atoms with Crippen molar-refractivity contribution in [3.63, 3.8) is 0 Å². The monoisotopic (exact) mass is 291 g/mol. The molecule has 3 rings (SSSR count). The number of hydrogen-bond acceptors (Lipinski definition) is 3. The van der Waals surface area contributed by atoms with Crippen molar-refractivity contribution in [1.82, 2.24) is 10.6 Å². The van der Waals surface area contributed by atoms with E-state index in [1.165, 1.54) is 6.42 Å².